The van der Waals surface area contributed by atoms with Gasteiger partial charge in [-0.3, -0.25) is 4.98 Å². The average molecular weight is 249 g/mol. The standard InChI is InChI=1S/C16H15N3/c1-11-9-10-12-5-4-8-15(16(12)18-11)19-14-7-3-2-6-13(14)17/h2-10,19H,17H2,1H3. The van der Waals surface area contributed by atoms with Crippen molar-refractivity contribution in [2.45, 2.75) is 6.92 Å². The van der Waals surface area contributed by atoms with E-state index in [2.05, 4.69) is 22.4 Å². The minimum atomic E-state index is 0.729. The molecule has 0 fully saturated rings. The average Bonchev–Trinajstić information content (AvgIpc) is 2.42. The van der Waals surface area contributed by atoms with Gasteiger partial charge in [0.1, 0.15) is 0 Å². The molecule has 19 heavy (non-hydrogen) atoms. The first-order chi connectivity index (χ1) is 9.24. The van der Waals surface area contributed by atoms with E-state index in [-0.39, 0.29) is 0 Å². The van der Waals surface area contributed by atoms with Crippen molar-refractivity contribution in [2.75, 3.05) is 11.1 Å². The molecule has 0 spiro atoms. The molecule has 3 N–H and O–H groups in total. The SMILES string of the molecule is Cc1ccc2cccc(Nc3ccccc3N)c2n1. The van der Waals surface area contributed by atoms with E-state index in [0.29, 0.717) is 0 Å². The van der Waals surface area contributed by atoms with Crippen molar-refractivity contribution in [3.8, 4) is 0 Å². The van der Waals surface area contributed by atoms with Gasteiger partial charge in [0.2, 0.25) is 0 Å². The lowest BCUT2D eigenvalue weighted by Crippen LogP contribution is -1.97. The minimum Gasteiger partial charge on any atom is -0.397 e. The molecule has 0 saturated heterocycles. The summed E-state index contributed by atoms with van der Waals surface area (Å²) in [6.45, 7) is 1.99. The largest absolute Gasteiger partial charge is 0.397 e. The van der Waals surface area contributed by atoms with Gasteiger partial charge in [0.15, 0.2) is 0 Å². The summed E-state index contributed by atoms with van der Waals surface area (Å²) in [5.41, 5.74) is 10.5. The van der Waals surface area contributed by atoms with E-state index in [4.69, 9.17) is 5.73 Å². The number of benzene rings is 2. The lowest BCUT2D eigenvalue weighted by Gasteiger charge is -2.11. The predicted molar refractivity (Wildman–Crippen MR) is 80.6 cm³/mol. The van der Waals surface area contributed by atoms with Gasteiger partial charge in [-0.15, -0.1) is 0 Å². The van der Waals surface area contributed by atoms with E-state index < -0.39 is 0 Å². The van der Waals surface area contributed by atoms with Crippen molar-refractivity contribution >= 4 is 28.0 Å². The number of hydrogen-bond donors (Lipinski definition) is 2. The number of hydrogen-bond acceptors (Lipinski definition) is 3. The molecule has 94 valence electrons. The van der Waals surface area contributed by atoms with E-state index in [9.17, 15) is 0 Å². The molecule has 1 aromatic heterocycles. The van der Waals surface area contributed by atoms with Gasteiger partial charge in [-0.05, 0) is 31.2 Å². The van der Waals surface area contributed by atoms with Crippen molar-refractivity contribution in [2.24, 2.45) is 0 Å². The van der Waals surface area contributed by atoms with Gasteiger partial charge in [-0.1, -0.05) is 30.3 Å². The van der Waals surface area contributed by atoms with E-state index >= 15 is 0 Å². The van der Waals surface area contributed by atoms with E-state index in [1.165, 1.54) is 0 Å². The molecule has 2 aromatic carbocycles. The monoisotopic (exact) mass is 249 g/mol. The van der Waals surface area contributed by atoms with Crippen LogP contribution in [0.2, 0.25) is 0 Å². The molecule has 0 aliphatic heterocycles. The van der Waals surface area contributed by atoms with Gasteiger partial charge < -0.3 is 11.1 Å². The summed E-state index contributed by atoms with van der Waals surface area (Å²) in [7, 11) is 0. The van der Waals surface area contributed by atoms with Crippen LogP contribution in [0.5, 0.6) is 0 Å². The molecule has 3 rings (SSSR count). The third-order valence-corrected chi connectivity index (χ3v) is 3.09. The fraction of sp³-hybridized carbons (Fsp3) is 0.0625. The van der Waals surface area contributed by atoms with Crippen LogP contribution in [-0.2, 0) is 0 Å². The molecule has 0 bridgehead atoms. The van der Waals surface area contributed by atoms with Gasteiger partial charge in [-0.2, -0.15) is 0 Å². The number of nitrogens with zero attached hydrogens (tertiary/aromatic N) is 1. The molecule has 0 aliphatic rings. The Morgan fingerprint density at radius 2 is 1.68 bits per heavy atom. The fourth-order valence-electron chi connectivity index (χ4n) is 2.10. The maximum atomic E-state index is 5.96. The van der Waals surface area contributed by atoms with Crippen LogP contribution in [0, 0.1) is 6.92 Å². The molecule has 0 amide bonds. The third-order valence-electron chi connectivity index (χ3n) is 3.09. The molecule has 3 heteroatoms. The maximum absolute atomic E-state index is 5.96. The zero-order valence-corrected chi connectivity index (χ0v) is 10.7. The van der Waals surface area contributed by atoms with Crippen molar-refractivity contribution < 1.29 is 0 Å². The van der Waals surface area contributed by atoms with Crippen LogP contribution >= 0.6 is 0 Å². The topological polar surface area (TPSA) is 50.9 Å². The van der Waals surface area contributed by atoms with Crippen molar-refractivity contribution in [3.63, 3.8) is 0 Å². The lowest BCUT2D eigenvalue weighted by molar-refractivity contribution is 1.25. The molecule has 0 saturated carbocycles. The summed E-state index contributed by atoms with van der Waals surface area (Å²) in [5.74, 6) is 0. The highest BCUT2D eigenvalue weighted by Gasteiger charge is 2.04. The van der Waals surface area contributed by atoms with E-state index in [1.807, 2.05) is 49.4 Å². The zero-order valence-electron chi connectivity index (χ0n) is 10.7. The normalized spacial score (nSPS) is 10.6. The van der Waals surface area contributed by atoms with Crippen LogP contribution in [0.4, 0.5) is 17.1 Å². The summed E-state index contributed by atoms with van der Waals surface area (Å²) in [4.78, 5) is 4.60. The molecule has 0 atom stereocenters. The number of nitrogens with one attached hydrogen (secondary N) is 1. The van der Waals surface area contributed by atoms with Crippen LogP contribution in [-0.4, -0.2) is 4.98 Å². The van der Waals surface area contributed by atoms with Crippen LogP contribution < -0.4 is 11.1 Å². The van der Waals surface area contributed by atoms with E-state index in [0.717, 1.165) is 33.7 Å². The quantitative estimate of drug-likeness (QED) is 0.678. The second-order valence-electron chi connectivity index (χ2n) is 4.54. The molecule has 0 radical (unpaired) electrons. The lowest BCUT2D eigenvalue weighted by atomic mass is 10.1. The van der Waals surface area contributed by atoms with Gasteiger partial charge in [-0.25, -0.2) is 0 Å². The molecule has 1 heterocycles. The minimum absolute atomic E-state index is 0.729. The summed E-state index contributed by atoms with van der Waals surface area (Å²) in [6, 6.07) is 17.9. The Kier molecular flexibility index (Phi) is 2.80. The smallest absolute Gasteiger partial charge is 0.0939 e. The Morgan fingerprint density at radius 3 is 2.53 bits per heavy atom. The first-order valence-electron chi connectivity index (χ1n) is 6.22. The number of pyridine rings is 1. The predicted octanol–water partition coefficient (Wildman–Crippen LogP) is 3.87. The number of nitrogen functional groups attached to an aromatic ring is 1. The Bertz CT molecular complexity index is 735. The number of nitrogens with two attached hydrogens (primary N) is 1. The first kappa shape index (κ1) is 11.5. The maximum Gasteiger partial charge on any atom is 0.0939 e. The zero-order chi connectivity index (χ0) is 13.2. The summed E-state index contributed by atoms with van der Waals surface area (Å²) < 4.78 is 0. The Labute approximate surface area is 112 Å². The van der Waals surface area contributed by atoms with Crippen LogP contribution in [0.15, 0.2) is 54.6 Å². The number of fused-ring (bicyclic) bond motifs is 1. The Hall–Kier alpha value is -2.55. The number of aryl methyl sites for hydroxylation is 1. The number of para-hydroxylation sites is 3. The Morgan fingerprint density at radius 1 is 0.895 bits per heavy atom. The highest BCUT2D eigenvalue weighted by atomic mass is 14.9. The van der Waals surface area contributed by atoms with E-state index in [1.54, 1.807) is 0 Å². The fourth-order valence-corrected chi connectivity index (χ4v) is 2.10. The van der Waals surface area contributed by atoms with Crippen molar-refractivity contribution in [1.29, 1.82) is 0 Å². The molecule has 3 aromatic rings. The van der Waals surface area contributed by atoms with Gasteiger partial charge in [0.25, 0.3) is 0 Å². The third kappa shape index (κ3) is 2.22. The highest BCUT2D eigenvalue weighted by molar-refractivity contribution is 5.93. The summed E-state index contributed by atoms with van der Waals surface area (Å²) in [5, 5.41) is 4.47. The summed E-state index contributed by atoms with van der Waals surface area (Å²) >= 11 is 0. The number of anilines is 3. The second-order valence-corrected chi connectivity index (χ2v) is 4.54. The van der Waals surface area contributed by atoms with Gasteiger partial charge in [0.05, 0.1) is 22.6 Å². The molecule has 0 unspecified atom stereocenters. The summed E-state index contributed by atoms with van der Waals surface area (Å²) in [6.07, 6.45) is 0. The van der Waals surface area contributed by atoms with Crippen LogP contribution in [0.25, 0.3) is 10.9 Å². The second kappa shape index (κ2) is 4.61. The Balaban J connectivity index is 2.10. The van der Waals surface area contributed by atoms with Crippen molar-refractivity contribution in [1.82, 2.24) is 4.98 Å². The molecule has 3 nitrogen and oxygen atoms in total. The first-order valence-corrected chi connectivity index (χ1v) is 6.22. The molecular formula is C16H15N3. The van der Waals surface area contributed by atoms with Gasteiger partial charge in [0, 0.05) is 11.1 Å². The van der Waals surface area contributed by atoms with Gasteiger partial charge >= 0.3 is 0 Å². The highest BCUT2D eigenvalue weighted by Crippen LogP contribution is 2.27. The number of rotatable bonds is 2. The number of aromatic nitrogens is 1. The molecular weight excluding hydrogens is 234 g/mol. The van der Waals surface area contributed by atoms with Crippen LogP contribution in [0.1, 0.15) is 5.69 Å². The van der Waals surface area contributed by atoms with Crippen molar-refractivity contribution in [3.05, 3.63) is 60.3 Å². The molecule has 0 aliphatic carbocycles. The van der Waals surface area contributed by atoms with Crippen LogP contribution in [0.3, 0.4) is 0 Å².